The van der Waals surface area contributed by atoms with Gasteiger partial charge in [0.1, 0.15) is 47.7 Å². The number of methoxy groups -OCH3 is 4. The number of benzene rings is 7. The first kappa shape index (κ1) is 37.3. The van der Waals surface area contributed by atoms with E-state index in [4.69, 9.17) is 28.4 Å². The third kappa shape index (κ3) is 9.00. The van der Waals surface area contributed by atoms with E-state index in [1.807, 2.05) is 121 Å². The van der Waals surface area contributed by atoms with Gasteiger partial charge in [-0.2, -0.15) is 0 Å². The molecule has 0 aliphatic rings. The highest BCUT2D eigenvalue weighted by atomic mass is 16.5. The van der Waals surface area contributed by atoms with Gasteiger partial charge in [0.25, 0.3) is 0 Å². The summed E-state index contributed by atoms with van der Waals surface area (Å²) >= 11 is 0. The molecule has 0 saturated carbocycles. The van der Waals surface area contributed by atoms with E-state index in [0.717, 1.165) is 79.7 Å². The summed E-state index contributed by atoms with van der Waals surface area (Å²) in [7, 11) is 6.68. The Morgan fingerprint density at radius 2 is 0.464 bits per heavy atom. The van der Waals surface area contributed by atoms with Gasteiger partial charge in [-0.3, -0.25) is 0 Å². The van der Waals surface area contributed by atoms with Gasteiger partial charge in [0, 0.05) is 34.1 Å². The van der Waals surface area contributed by atoms with Crippen molar-refractivity contribution in [1.29, 1.82) is 0 Å². The topological polar surface area (TPSA) is 61.9 Å². The number of nitrogens with zero attached hydrogens (tertiary/aromatic N) is 2. The van der Waals surface area contributed by atoms with Gasteiger partial charge >= 0.3 is 0 Å². The van der Waals surface area contributed by atoms with Crippen LogP contribution in [0.25, 0.3) is 0 Å². The quantitative estimate of drug-likeness (QED) is 0.0969. The summed E-state index contributed by atoms with van der Waals surface area (Å²) in [6, 6.07) is 56.6. The Labute approximate surface area is 328 Å². The molecule has 0 unspecified atom stereocenters. The van der Waals surface area contributed by atoms with Crippen molar-refractivity contribution in [2.45, 2.75) is 13.2 Å². The molecule has 0 aromatic heterocycles. The monoisotopic (exact) mass is 744 g/mol. The summed E-state index contributed by atoms with van der Waals surface area (Å²) in [4.78, 5) is 4.36. The summed E-state index contributed by atoms with van der Waals surface area (Å²) in [5.41, 5.74) is 8.16. The average molecular weight is 745 g/mol. The van der Waals surface area contributed by atoms with Crippen LogP contribution in [-0.4, -0.2) is 28.4 Å². The zero-order valence-electron chi connectivity index (χ0n) is 31.9. The van der Waals surface area contributed by atoms with E-state index in [9.17, 15) is 0 Å². The molecule has 0 fully saturated rings. The van der Waals surface area contributed by atoms with Crippen molar-refractivity contribution < 1.29 is 28.4 Å². The van der Waals surface area contributed by atoms with Crippen LogP contribution in [0.1, 0.15) is 11.1 Å². The van der Waals surface area contributed by atoms with Gasteiger partial charge < -0.3 is 38.2 Å². The number of anilines is 6. The lowest BCUT2D eigenvalue weighted by atomic mass is 10.1. The van der Waals surface area contributed by atoms with E-state index in [2.05, 4.69) is 58.3 Å². The van der Waals surface area contributed by atoms with Crippen LogP contribution >= 0.6 is 0 Å². The molecule has 0 spiro atoms. The fourth-order valence-electron chi connectivity index (χ4n) is 6.27. The molecule has 0 aliphatic carbocycles. The van der Waals surface area contributed by atoms with Gasteiger partial charge in [-0.1, -0.05) is 24.3 Å². The summed E-state index contributed by atoms with van der Waals surface area (Å²) < 4.78 is 33.9. The van der Waals surface area contributed by atoms with Crippen LogP contribution in [0.2, 0.25) is 0 Å². The Balaban J connectivity index is 0.965. The first-order valence-electron chi connectivity index (χ1n) is 18.2. The smallest absolute Gasteiger partial charge is 0.119 e. The summed E-state index contributed by atoms with van der Waals surface area (Å²) in [5, 5.41) is 0. The molecule has 8 nitrogen and oxygen atoms in total. The van der Waals surface area contributed by atoms with Crippen LogP contribution < -0.4 is 38.2 Å². The minimum Gasteiger partial charge on any atom is -0.497 e. The summed E-state index contributed by atoms with van der Waals surface area (Å²) in [6.45, 7) is 0.892. The van der Waals surface area contributed by atoms with Crippen molar-refractivity contribution >= 4 is 34.1 Å². The fraction of sp³-hybridized carbons (Fsp3) is 0.125. The highest BCUT2D eigenvalue weighted by molar-refractivity contribution is 5.78. The molecule has 0 radical (unpaired) electrons. The molecule has 7 rings (SSSR count). The molecule has 282 valence electrons. The van der Waals surface area contributed by atoms with E-state index in [1.54, 1.807) is 28.4 Å². The molecular formula is C48H44N2O6. The second-order valence-corrected chi connectivity index (χ2v) is 12.8. The van der Waals surface area contributed by atoms with Crippen molar-refractivity contribution in [3.05, 3.63) is 181 Å². The summed E-state index contributed by atoms with van der Waals surface area (Å²) in [6.07, 6.45) is 0. The molecule has 0 atom stereocenters. The maximum atomic E-state index is 6.19. The van der Waals surface area contributed by atoms with Crippen molar-refractivity contribution in [3.63, 3.8) is 0 Å². The van der Waals surface area contributed by atoms with E-state index in [-0.39, 0.29) is 0 Å². The first-order chi connectivity index (χ1) is 27.5. The molecule has 56 heavy (non-hydrogen) atoms. The van der Waals surface area contributed by atoms with Crippen LogP contribution in [0.3, 0.4) is 0 Å². The van der Waals surface area contributed by atoms with Crippen LogP contribution in [0.15, 0.2) is 170 Å². The van der Waals surface area contributed by atoms with Crippen LogP contribution in [-0.2, 0) is 13.2 Å². The largest absolute Gasteiger partial charge is 0.497 e. The SMILES string of the molecule is COc1ccc(N(c2ccc(OC)cc2)c2ccc(OCc3ccc(COc4ccc(N(c5ccc(OC)cc5)c5ccc(OC)cc5)cc4)cc3)cc2)cc1. The van der Waals surface area contributed by atoms with Crippen LogP contribution in [0, 0.1) is 0 Å². The molecule has 0 amide bonds. The molecule has 0 aliphatic heterocycles. The third-order valence-corrected chi connectivity index (χ3v) is 9.35. The number of hydrogen-bond donors (Lipinski definition) is 0. The molecule has 8 heteroatoms. The number of rotatable bonds is 16. The Kier molecular flexibility index (Phi) is 11.9. The Hall–Kier alpha value is -7.06. The van der Waals surface area contributed by atoms with Crippen molar-refractivity contribution in [2.75, 3.05) is 38.2 Å². The van der Waals surface area contributed by atoms with Crippen LogP contribution in [0.5, 0.6) is 34.5 Å². The second kappa shape index (κ2) is 17.8. The first-order valence-corrected chi connectivity index (χ1v) is 18.2. The van der Waals surface area contributed by atoms with Crippen molar-refractivity contribution in [3.8, 4) is 34.5 Å². The molecule has 0 saturated heterocycles. The predicted octanol–water partition coefficient (Wildman–Crippen LogP) is 11.8. The number of ether oxygens (including phenoxy) is 6. The zero-order chi connectivity index (χ0) is 38.7. The van der Waals surface area contributed by atoms with E-state index in [0.29, 0.717) is 13.2 Å². The number of hydrogen-bond acceptors (Lipinski definition) is 8. The minimum absolute atomic E-state index is 0.446. The Bertz CT molecular complexity index is 2000. The highest BCUT2D eigenvalue weighted by Gasteiger charge is 2.15. The summed E-state index contributed by atoms with van der Waals surface area (Å²) in [5.74, 6) is 4.78. The Morgan fingerprint density at radius 3 is 0.661 bits per heavy atom. The van der Waals surface area contributed by atoms with Gasteiger partial charge in [-0.05, 0) is 157 Å². The second-order valence-electron chi connectivity index (χ2n) is 12.8. The minimum atomic E-state index is 0.446. The highest BCUT2D eigenvalue weighted by Crippen LogP contribution is 2.38. The van der Waals surface area contributed by atoms with Crippen molar-refractivity contribution in [1.82, 2.24) is 0 Å². The van der Waals surface area contributed by atoms with Gasteiger partial charge in [0.2, 0.25) is 0 Å². The van der Waals surface area contributed by atoms with Gasteiger partial charge in [0.05, 0.1) is 28.4 Å². The maximum absolute atomic E-state index is 6.19. The van der Waals surface area contributed by atoms with Gasteiger partial charge in [-0.15, -0.1) is 0 Å². The van der Waals surface area contributed by atoms with Gasteiger partial charge in [-0.25, -0.2) is 0 Å². The van der Waals surface area contributed by atoms with Crippen molar-refractivity contribution in [2.24, 2.45) is 0 Å². The van der Waals surface area contributed by atoms with E-state index in [1.165, 1.54) is 0 Å². The standard InChI is InChI=1S/C48H44N2O6/c1-51-43-21-9-37(10-22-43)49(38-11-23-44(52-2)24-12-38)41-17-29-47(30-18-41)55-33-35-5-7-36(8-6-35)34-56-48-31-19-42(20-32-48)50(39-13-25-45(53-3)26-14-39)40-15-27-46(54-4)28-16-40/h5-32H,33-34H2,1-4H3. The molecule has 0 N–H and O–H groups in total. The van der Waals surface area contributed by atoms with Crippen LogP contribution in [0.4, 0.5) is 34.1 Å². The Morgan fingerprint density at radius 1 is 0.268 bits per heavy atom. The molecule has 7 aromatic carbocycles. The third-order valence-electron chi connectivity index (χ3n) is 9.35. The zero-order valence-corrected chi connectivity index (χ0v) is 31.9. The van der Waals surface area contributed by atoms with E-state index < -0.39 is 0 Å². The predicted molar refractivity (Wildman–Crippen MR) is 224 cm³/mol. The fourth-order valence-corrected chi connectivity index (χ4v) is 6.27. The lowest BCUT2D eigenvalue weighted by Crippen LogP contribution is -2.10. The van der Waals surface area contributed by atoms with Gasteiger partial charge in [0.15, 0.2) is 0 Å². The lowest BCUT2D eigenvalue weighted by Gasteiger charge is -2.26. The average Bonchev–Trinajstić information content (AvgIpc) is 3.27. The van der Waals surface area contributed by atoms with E-state index >= 15 is 0 Å². The normalized spacial score (nSPS) is 10.6. The molecule has 7 aromatic rings. The lowest BCUT2D eigenvalue weighted by molar-refractivity contribution is 0.302. The maximum Gasteiger partial charge on any atom is 0.119 e. The molecule has 0 bridgehead atoms. The molecular weight excluding hydrogens is 701 g/mol. The molecule has 0 heterocycles.